The number of amides is 1. The highest BCUT2D eigenvalue weighted by Gasteiger charge is 2.10. The molecule has 0 unspecified atom stereocenters. The van der Waals surface area contributed by atoms with E-state index in [1.165, 1.54) is 0 Å². The van der Waals surface area contributed by atoms with E-state index in [2.05, 4.69) is 24.2 Å². The van der Waals surface area contributed by atoms with Gasteiger partial charge in [-0.1, -0.05) is 26.5 Å². The SMILES string of the molecule is C=C=C(C(=O)NCC=C)C(C)C. The van der Waals surface area contributed by atoms with E-state index >= 15 is 0 Å². The number of carbonyl (C=O) groups is 1. The summed E-state index contributed by atoms with van der Waals surface area (Å²) in [6.45, 7) is 11.3. The van der Waals surface area contributed by atoms with Crippen molar-refractivity contribution >= 4 is 5.91 Å². The number of hydrogen-bond donors (Lipinski definition) is 1. The molecular formula is C10H15NO. The second-order valence-electron chi connectivity index (χ2n) is 2.74. The Morgan fingerprint density at radius 1 is 1.67 bits per heavy atom. The van der Waals surface area contributed by atoms with Gasteiger partial charge < -0.3 is 5.32 Å². The predicted molar refractivity (Wildman–Crippen MR) is 50.7 cm³/mol. The standard InChI is InChI=1S/C10H15NO/c1-5-7-11-10(12)9(6-2)8(3)4/h5,8H,1-2,7H2,3-4H3,(H,11,12). The molecule has 2 nitrogen and oxygen atoms in total. The van der Waals surface area contributed by atoms with Gasteiger partial charge in [-0.2, -0.15) is 0 Å². The largest absolute Gasteiger partial charge is 0.348 e. The third-order valence-electron chi connectivity index (χ3n) is 1.42. The molecule has 0 aromatic heterocycles. The van der Waals surface area contributed by atoms with Gasteiger partial charge in [0.05, 0.1) is 5.57 Å². The van der Waals surface area contributed by atoms with E-state index in [-0.39, 0.29) is 11.8 Å². The van der Waals surface area contributed by atoms with Crippen molar-refractivity contribution in [3.63, 3.8) is 0 Å². The zero-order valence-corrected chi connectivity index (χ0v) is 7.68. The van der Waals surface area contributed by atoms with Gasteiger partial charge in [0.25, 0.3) is 5.91 Å². The maximum atomic E-state index is 11.3. The van der Waals surface area contributed by atoms with Crippen molar-refractivity contribution < 1.29 is 4.79 Å². The summed E-state index contributed by atoms with van der Waals surface area (Å²) in [6, 6.07) is 0. The summed E-state index contributed by atoms with van der Waals surface area (Å²) in [5.74, 6) is 0.0483. The number of carbonyl (C=O) groups excluding carboxylic acids is 1. The lowest BCUT2D eigenvalue weighted by atomic mass is 10.0. The van der Waals surface area contributed by atoms with Crippen molar-refractivity contribution in [2.24, 2.45) is 5.92 Å². The third kappa shape index (κ3) is 3.22. The van der Waals surface area contributed by atoms with E-state index < -0.39 is 0 Å². The van der Waals surface area contributed by atoms with Gasteiger partial charge in [-0.25, -0.2) is 0 Å². The fourth-order valence-electron chi connectivity index (χ4n) is 0.807. The van der Waals surface area contributed by atoms with Crippen LogP contribution in [0.25, 0.3) is 0 Å². The minimum absolute atomic E-state index is 0.111. The Labute approximate surface area is 73.7 Å². The van der Waals surface area contributed by atoms with E-state index in [1.54, 1.807) is 6.08 Å². The molecule has 0 radical (unpaired) electrons. The molecule has 0 saturated heterocycles. The van der Waals surface area contributed by atoms with Crippen LogP contribution in [0.15, 0.2) is 30.5 Å². The van der Waals surface area contributed by atoms with E-state index in [9.17, 15) is 4.79 Å². The number of rotatable bonds is 4. The van der Waals surface area contributed by atoms with Crippen molar-refractivity contribution in [1.29, 1.82) is 0 Å². The molecule has 0 heterocycles. The molecule has 0 saturated carbocycles. The zero-order valence-electron chi connectivity index (χ0n) is 7.68. The highest BCUT2D eigenvalue weighted by atomic mass is 16.1. The van der Waals surface area contributed by atoms with Crippen LogP contribution >= 0.6 is 0 Å². The second kappa shape index (κ2) is 5.39. The summed E-state index contributed by atoms with van der Waals surface area (Å²) in [6.07, 6.45) is 1.64. The molecule has 0 aromatic carbocycles. The van der Waals surface area contributed by atoms with Crippen LogP contribution in [0.2, 0.25) is 0 Å². The molecule has 12 heavy (non-hydrogen) atoms. The lowest BCUT2D eigenvalue weighted by Gasteiger charge is -2.07. The average Bonchev–Trinajstić information content (AvgIpc) is 2.01. The lowest BCUT2D eigenvalue weighted by molar-refractivity contribution is -0.117. The van der Waals surface area contributed by atoms with Gasteiger partial charge in [0.1, 0.15) is 0 Å². The second-order valence-corrected chi connectivity index (χ2v) is 2.74. The van der Waals surface area contributed by atoms with Crippen LogP contribution in [0.1, 0.15) is 13.8 Å². The molecule has 0 fully saturated rings. The van der Waals surface area contributed by atoms with E-state index in [0.29, 0.717) is 12.1 Å². The minimum atomic E-state index is -0.111. The Kier molecular flexibility index (Phi) is 4.82. The van der Waals surface area contributed by atoms with Crippen LogP contribution < -0.4 is 5.32 Å². The normalized spacial score (nSPS) is 8.92. The molecular weight excluding hydrogens is 150 g/mol. The van der Waals surface area contributed by atoms with Gasteiger partial charge in [-0.05, 0) is 5.92 Å². The van der Waals surface area contributed by atoms with Crippen molar-refractivity contribution in [3.05, 3.63) is 30.5 Å². The molecule has 0 aliphatic rings. The van der Waals surface area contributed by atoms with Gasteiger partial charge in [0, 0.05) is 6.54 Å². The molecule has 0 aliphatic heterocycles. The van der Waals surface area contributed by atoms with E-state index in [1.807, 2.05) is 13.8 Å². The molecule has 0 rings (SSSR count). The first kappa shape index (κ1) is 10.7. The van der Waals surface area contributed by atoms with Crippen molar-refractivity contribution in [1.82, 2.24) is 5.32 Å². The maximum Gasteiger partial charge on any atom is 0.255 e. The highest BCUT2D eigenvalue weighted by molar-refractivity contribution is 5.93. The summed E-state index contributed by atoms with van der Waals surface area (Å²) >= 11 is 0. The Morgan fingerprint density at radius 2 is 2.25 bits per heavy atom. The molecule has 0 aliphatic carbocycles. The predicted octanol–water partition coefficient (Wildman–Crippen LogP) is 1.66. The summed E-state index contributed by atoms with van der Waals surface area (Å²) in [5, 5.41) is 2.67. The summed E-state index contributed by atoms with van der Waals surface area (Å²) in [7, 11) is 0. The van der Waals surface area contributed by atoms with Crippen molar-refractivity contribution in [3.8, 4) is 0 Å². The van der Waals surface area contributed by atoms with Crippen LogP contribution in [0, 0.1) is 5.92 Å². The first-order valence-corrected chi connectivity index (χ1v) is 3.92. The average molecular weight is 165 g/mol. The van der Waals surface area contributed by atoms with Crippen LogP contribution in [-0.2, 0) is 4.79 Å². The van der Waals surface area contributed by atoms with Crippen LogP contribution in [0.5, 0.6) is 0 Å². The smallest absolute Gasteiger partial charge is 0.255 e. The minimum Gasteiger partial charge on any atom is -0.348 e. The fourth-order valence-corrected chi connectivity index (χ4v) is 0.807. The fraction of sp³-hybridized carbons (Fsp3) is 0.400. The number of nitrogens with one attached hydrogen (secondary N) is 1. The maximum absolute atomic E-state index is 11.3. The first-order chi connectivity index (χ1) is 5.63. The number of hydrogen-bond acceptors (Lipinski definition) is 1. The van der Waals surface area contributed by atoms with Gasteiger partial charge in [0.2, 0.25) is 0 Å². The van der Waals surface area contributed by atoms with Crippen molar-refractivity contribution in [2.45, 2.75) is 13.8 Å². The summed E-state index contributed by atoms with van der Waals surface area (Å²) in [4.78, 5) is 11.3. The quantitative estimate of drug-likeness (QED) is 0.383. The molecule has 2 heteroatoms. The molecule has 0 bridgehead atoms. The first-order valence-electron chi connectivity index (χ1n) is 3.92. The molecule has 0 spiro atoms. The monoisotopic (exact) mass is 165 g/mol. The van der Waals surface area contributed by atoms with Crippen LogP contribution in [0.4, 0.5) is 0 Å². The Balaban J connectivity index is 4.25. The van der Waals surface area contributed by atoms with Crippen LogP contribution in [0.3, 0.4) is 0 Å². The van der Waals surface area contributed by atoms with Gasteiger partial charge in [-0.3, -0.25) is 4.79 Å². The van der Waals surface area contributed by atoms with E-state index in [0.717, 1.165) is 0 Å². The topological polar surface area (TPSA) is 29.1 Å². The van der Waals surface area contributed by atoms with Gasteiger partial charge in [0.15, 0.2) is 0 Å². The molecule has 0 atom stereocenters. The summed E-state index contributed by atoms with van der Waals surface area (Å²) < 4.78 is 0. The lowest BCUT2D eigenvalue weighted by Crippen LogP contribution is -2.26. The third-order valence-corrected chi connectivity index (χ3v) is 1.42. The molecule has 0 aromatic rings. The molecule has 1 N–H and O–H groups in total. The van der Waals surface area contributed by atoms with Gasteiger partial charge in [-0.15, -0.1) is 12.3 Å². The molecule has 66 valence electrons. The van der Waals surface area contributed by atoms with Crippen molar-refractivity contribution in [2.75, 3.05) is 6.54 Å². The Hall–Kier alpha value is -1.27. The van der Waals surface area contributed by atoms with E-state index in [4.69, 9.17) is 0 Å². The Bertz CT molecular complexity index is 222. The van der Waals surface area contributed by atoms with Crippen LogP contribution in [-0.4, -0.2) is 12.5 Å². The highest BCUT2D eigenvalue weighted by Crippen LogP contribution is 2.06. The Morgan fingerprint density at radius 3 is 2.58 bits per heavy atom. The molecule has 1 amide bonds. The summed E-state index contributed by atoms with van der Waals surface area (Å²) in [5.41, 5.74) is 3.22. The zero-order chi connectivity index (χ0) is 9.56. The van der Waals surface area contributed by atoms with Gasteiger partial charge >= 0.3 is 0 Å².